The Morgan fingerprint density at radius 3 is 1.38 bits per heavy atom. The number of hydrogen-bond acceptors (Lipinski definition) is 5. The van der Waals surface area contributed by atoms with Gasteiger partial charge in [-0.1, -0.05) is 11.6 Å². The summed E-state index contributed by atoms with van der Waals surface area (Å²) in [7, 11) is 0. The van der Waals surface area contributed by atoms with Crippen LogP contribution in [0, 0.1) is 20.2 Å². The standard InChI is InChI=1S/C20H10ClF6N3O4/c21-13-3-5-14(6-4-13)28(15-7-1-11(19(22,23)24)9-17(15)29(31)32)16-8-2-12(20(25,26)27)10-18(16)30(33)34/h1-10H. The van der Waals surface area contributed by atoms with Crippen molar-refractivity contribution in [3.05, 3.63) is 97.0 Å². The zero-order chi connectivity index (χ0) is 25.4. The first kappa shape index (κ1) is 24.8. The van der Waals surface area contributed by atoms with E-state index in [4.69, 9.17) is 11.6 Å². The summed E-state index contributed by atoms with van der Waals surface area (Å²) in [5, 5.41) is 23.5. The highest BCUT2D eigenvalue weighted by molar-refractivity contribution is 6.30. The van der Waals surface area contributed by atoms with Gasteiger partial charge in [0.2, 0.25) is 0 Å². The molecule has 0 unspecified atom stereocenters. The Morgan fingerprint density at radius 1 is 0.676 bits per heavy atom. The van der Waals surface area contributed by atoms with Crippen molar-refractivity contribution in [2.45, 2.75) is 12.4 Å². The summed E-state index contributed by atoms with van der Waals surface area (Å²) in [5.74, 6) is 0. The van der Waals surface area contributed by atoms with Crippen LogP contribution in [0.15, 0.2) is 60.7 Å². The maximum absolute atomic E-state index is 13.1. The molecule has 0 radical (unpaired) electrons. The highest BCUT2D eigenvalue weighted by Gasteiger charge is 2.37. The Labute approximate surface area is 191 Å². The van der Waals surface area contributed by atoms with Gasteiger partial charge < -0.3 is 0 Å². The molecule has 14 heteroatoms. The zero-order valence-electron chi connectivity index (χ0n) is 16.4. The number of nitrogens with zero attached hydrogens (tertiary/aromatic N) is 3. The number of hydrogen-bond donors (Lipinski definition) is 0. The second kappa shape index (κ2) is 8.82. The average Bonchev–Trinajstić information content (AvgIpc) is 2.74. The number of alkyl halides is 6. The van der Waals surface area contributed by atoms with Gasteiger partial charge in [-0.3, -0.25) is 25.1 Å². The second-order valence-corrected chi connectivity index (χ2v) is 7.16. The predicted octanol–water partition coefficient (Wildman–Crippen LogP) is 7.66. The lowest BCUT2D eigenvalue weighted by Gasteiger charge is -2.25. The number of nitro groups is 2. The number of nitro benzene ring substituents is 2. The minimum absolute atomic E-state index is 0.0462. The van der Waals surface area contributed by atoms with E-state index in [2.05, 4.69) is 0 Å². The van der Waals surface area contributed by atoms with Gasteiger partial charge in [0, 0.05) is 22.8 Å². The quantitative estimate of drug-likeness (QED) is 0.202. The minimum Gasteiger partial charge on any atom is -0.298 e. The topological polar surface area (TPSA) is 89.5 Å². The number of benzene rings is 3. The lowest BCUT2D eigenvalue weighted by molar-refractivity contribution is -0.384. The Balaban J connectivity index is 2.37. The van der Waals surface area contributed by atoms with Gasteiger partial charge >= 0.3 is 12.4 Å². The first-order valence-corrected chi connectivity index (χ1v) is 9.35. The molecule has 0 saturated carbocycles. The van der Waals surface area contributed by atoms with Crippen molar-refractivity contribution in [3.63, 3.8) is 0 Å². The number of rotatable bonds is 5. The molecule has 0 amide bonds. The van der Waals surface area contributed by atoms with Crippen LogP contribution in [0.5, 0.6) is 0 Å². The Kier molecular flexibility index (Phi) is 6.42. The maximum atomic E-state index is 13.1. The number of anilines is 3. The molecule has 7 nitrogen and oxygen atoms in total. The van der Waals surface area contributed by atoms with Crippen LogP contribution in [-0.2, 0) is 12.4 Å². The van der Waals surface area contributed by atoms with Gasteiger partial charge in [0.05, 0.1) is 21.0 Å². The third kappa shape index (κ3) is 5.03. The lowest BCUT2D eigenvalue weighted by Crippen LogP contribution is -2.16. The van der Waals surface area contributed by atoms with Crippen molar-refractivity contribution < 1.29 is 36.2 Å². The van der Waals surface area contributed by atoms with Crippen LogP contribution in [0.1, 0.15) is 11.1 Å². The molecule has 0 N–H and O–H groups in total. The van der Waals surface area contributed by atoms with Gasteiger partial charge in [0.1, 0.15) is 11.4 Å². The van der Waals surface area contributed by atoms with Crippen molar-refractivity contribution in [1.29, 1.82) is 0 Å². The fourth-order valence-corrected chi connectivity index (χ4v) is 3.19. The highest BCUT2D eigenvalue weighted by Crippen LogP contribution is 2.46. The zero-order valence-corrected chi connectivity index (χ0v) is 17.1. The monoisotopic (exact) mass is 505 g/mol. The molecule has 0 saturated heterocycles. The molecule has 0 aliphatic heterocycles. The molecule has 0 aromatic heterocycles. The summed E-state index contributed by atoms with van der Waals surface area (Å²) < 4.78 is 78.8. The highest BCUT2D eigenvalue weighted by atomic mass is 35.5. The maximum Gasteiger partial charge on any atom is 0.416 e. The molecule has 0 heterocycles. The van der Waals surface area contributed by atoms with Crippen molar-refractivity contribution >= 4 is 40.0 Å². The molecule has 0 aliphatic rings. The second-order valence-electron chi connectivity index (χ2n) is 6.73. The Hall–Kier alpha value is -3.87. The first-order valence-electron chi connectivity index (χ1n) is 8.97. The van der Waals surface area contributed by atoms with E-state index < -0.39 is 56.1 Å². The smallest absolute Gasteiger partial charge is 0.298 e. The van der Waals surface area contributed by atoms with Crippen LogP contribution in [0.3, 0.4) is 0 Å². The first-order chi connectivity index (χ1) is 15.7. The van der Waals surface area contributed by atoms with E-state index >= 15 is 0 Å². The third-order valence-electron chi connectivity index (χ3n) is 4.57. The third-order valence-corrected chi connectivity index (χ3v) is 4.82. The summed E-state index contributed by atoms with van der Waals surface area (Å²) in [4.78, 5) is 21.8. The van der Waals surface area contributed by atoms with Gasteiger partial charge in [-0.2, -0.15) is 26.3 Å². The normalized spacial score (nSPS) is 11.9. The molecule has 3 aromatic rings. The molecule has 0 aliphatic carbocycles. The predicted molar refractivity (Wildman–Crippen MR) is 109 cm³/mol. The number of halogens is 7. The van der Waals surface area contributed by atoms with Crippen LogP contribution >= 0.6 is 11.6 Å². The van der Waals surface area contributed by atoms with Crippen molar-refractivity contribution in [2.75, 3.05) is 4.90 Å². The largest absolute Gasteiger partial charge is 0.416 e. The van der Waals surface area contributed by atoms with Crippen LogP contribution in [-0.4, -0.2) is 9.85 Å². The van der Waals surface area contributed by atoms with Gasteiger partial charge in [-0.05, 0) is 48.5 Å². The molecule has 3 rings (SSSR count). The van der Waals surface area contributed by atoms with Gasteiger partial charge in [0.15, 0.2) is 0 Å². The van der Waals surface area contributed by atoms with E-state index in [0.29, 0.717) is 24.3 Å². The molecular weight excluding hydrogens is 496 g/mol. The Bertz CT molecular complexity index is 1190. The van der Waals surface area contributed by atoms with E-state index in [1.807, 2.05) is 0 Å². The summed E-state index contributed by atoms with van der Waals surface area (Å²) in [6.07, 6.45) is -9.87. The Morgan fingerprint density at radius 2 is 1.06 bits per heavy atom. The summed E-state index contributed by atoms with van der Waals surface area (Å²) >= 11 is 5.83. The van der Waals surface area contributed by atoms with Crippen molar-refractivity contribution in [1.82, 2.24) is 0 Å². The van der Waals surface area contributed by atoms with E-state index in [9.17, 15) is 46.6 Å². The van der Waals surface area contributed by atoms with Crippen molar-refractivity contribution in [2.24, 2.45) is 0 Å². The summed E-state index contributed by atoms with van der Waals surface area (Å²) in [5.41, 5.74) is -6.04. The van der Waals surface area contributed by atoms with Crippen LogP contribution < -0.4 is 4.90 Å². The van der Waals surface area contributed by atoms with Crippen molar-refractivity contribution in [3.8, 4) is 0 Å². The molecule has 178 valence electrons. The van der Waals surface area contributed by atoms with Crippen LogP contribution in [0.25, 0.3) is 0 Å². The summed E-state index contributed by atoms with van der Waals surface area (Å²) in [6, 6.07) is 7.96. The molecule has 3 aromatic carbocycles. The average molecular weight is 506 g/mol. The minimum atomic E-state index is -4.94. The fourth-order valence-electron chi connectivity index (χ4n) is 3.07. The van der Waals surface area contributed by atoms with Gasteiger partial charge in [-0.25, -0.2) is 0 Å². The lowest BCUT2D eigenvalue weighted by atomic mass is 10.1. The summed E-state index contributed by atoms with van der Waals surface area (Å²) in [6.45, 7) is 0. The van der Waals surface area contributed by atoms with E-state index in [1.165, 1.54) is 24.3 Å². The van der Waals surface area contributed by atoms with E-state index in [-0.39, 0.29) is 22.8 Å². The van der Waals surface area contributed by atoms with E-state index in [0.717, 1.165) is 4.90 Å². The van der Waals surface area contributed by atoms with Gasteiger partial charge in [-0.15, -0.1) is 0 Å². The van der Waals surface area contributed by atoms with E-state index in [1.54, 1.807) is 0 Å². The molecule has 0 spiro atoms. The molecule has 0 fully saturated rings. The van der Waals surface area contributed by atoms with Crippen LogP contribution in [0.4, 0.5) is 54.8 Å². The fraction of sp³-hybridized carbons (Fsp3) is 0.100. The molecular formula is C20H10ClF6N3O4. The molecule has 0 atom stereocenters. The molecule has 34 heavy (non-hydrogen) atoms. The van der Waals surface area contributed by atoms with Gasteiger partial charge in [0.25, 0.3) is 11.4 Å². The molecule has 0 bridgehead atoms. The van der Waals surface area contributed by atoms with Crippen LogP contribution in [0.2, 0.25) is 5.02 Å². The SMILES string of the molecule is O=[N+]([O-])c1cc(C(F)(F)F)ccc1N(c1ccc(Cl)cc1)c1ccc(C(F)(F)F)cc1[N+](=O)[O-].